The number of rotatable bonds is 3. The molecule has 5 nitrogen and oxygen atoms in total. The second-order valence-corrected chi connectivity index (χ2v) is 3.65. The summed E-state index contributed by atoms with van der Waals surface area (Å²) in [6.07, 6.45) is 6.97. The molecule has 5 heteroatoms. The van der Waals surface area contributed by atoms with Crippen LogP contribution in [0.5, 0.6) is 0 Å². The summed E-state index contributed by atoms with van der Waals surface area (Å²) < 4.78 is 0. The molecule has 2 rings (SSSR count). The van der Waals surface area contributed by atoms with Gasteiger partial charge in [0.15, 0.2) is 0 Å². The van der Waals surface area contributed by atoms with Crippen molar-refractivity contribution in [3.63, 3.8) is 0 Å². The third-order valence-electron chi connectivity index (χ3n) is 2.63. The van der Waals surface area contributed by atoms with E-state index in [1.807, 2.05) is 4.90 Å². The Labute approximate surface area is 87.8 Å². The SMILES string of the molecule is O=C(O)CN1CCCC1c1cnccn1. The van der Waals surface area contributed by atoms with E-state index in [0.29, 0.717) is 0 Å². The quantitative estimate of drug-likeness (QED) is 0.790. The van der Waals surface area contributed by atoms with Gasteiger partial charge in [-0.2, -0.15) is 0 Å². The number of aromatic nitrogens is 2. The molecule has 0 aromatic carbocycles. The zero-order valence-corrected chi connectivity index (χ0v) is 8.33. The average molecular weight is 207 g/mol. The summed E-state index contributed by atoms with van der Waals surface area (Å²) in [6, 6.07) is 0.120. The topological polar surface area (TPSA) is 66.3 Å². The van der Waals surface area contributed by atoms with E-state index in [1.165, 1.54) is 0 Å². The van der Waals surface area contributed by atoms with Gasteiger partial charge in [-0.25, -0.2) is 0 Å². The minimum Gasteiger partial charge on any atom is -0.480 e. The molecule has 15 heavy (non-hydrogen) atoms. The van der Waals surface area contributed by atoms with Crippen molar-refractivity contribution in [1.29, 1.82) is 0 Å². The normalized spacial score (nSPS) is 21.7. The predicted octanol–water partition coefficient (Wildman–Crippen LogP) is 0.698. The van der Waals surface area contributed by atoms with E-state index in [2.05, 4.69) is 9.97 Å². The Kier molecular flexibility index (Phi) is 2.91. The van der Waals surface area contributed by atoms with E-state index in [1.54, 1.807) is 18.6 Å². The van der Waals surface area contributed by atoms with Gasteiger partial charge < -0.3 is 5.11 Å². The first kappa shape index (κ1) is 10.0. The standard InChI is InChI=1S/C10H13N3O2/c14-10(15)7-13-5-1-2-9(13)8-6-11-3-4-12-8/h3-4,6,9H,1-2,5,7H2,(H,14,15). The molecule has 1 saturated heterocycles. The van der Waals surface area contributed by atoms with E-state index in [0.717, 1.165) is 25.1 Å². The largest absolute Gasteiger partial charge is 0.480 e. The molecule has 1 aliphatic heterocycles. The van der Waals surface area contributed by atoms with Gasteiger partial charge in [0, 0.05) is 18.6 Å². The van der Waals surface area contributed by atoms with Crippen LogP contribution in [0, 0.1) is 0 Å². The van der Waals surface area contributed by atoms with Crippen LogP contribution < -0.4 is 0 Å². The molecule has 0 bridgehead atoms. The number of nitrogens with zero attached hydrogens (tertiary/aromatic N) is 3. The minimum absolute atomic E-state index is 0.0846. The third kappa shape index (κ3) is 2.30. The van der Waals surface area contributed by atoms with Crippen molar-refractivity contribution in [2.24, 2.45) is 0 Å². The fourth-order valence-electron chi connectivity index (χ4n) is 2.01. The highest BCUT2D eigenvalue weighted by atomic mass is 16.4. The van der Waals surface area contributed by atoms with Gasteiger partial charge >= 0.3 is 5.97 Å². The molecular formula is C10H13N3O2. The first-order valence-electron chi connectivity index (χ1n) is 4.99. The Bertz CT molecular complexity index is 342. The summed E-state index contributed by atoms with van der Waals surface area (Å²) in [6.45, 7) is 0.911. The number of carboxylic acids is 1. The summed E-state index contributed by atoms with van der Waals surface area (Å²) in [7, 11) is 0. The van der Waals surface area contributed by atoms with E-state index in [-0.39, 0.29) is 12.6 Å². The highest BCUT2D eigenvalue weighted by Gasteiger charge is 2.28. The van der Waals surface area contributed by atoms with Crippen LogP contribution in [0.25, 0.3) is 0 Å². The Morgan fingerprint density at radius 1 is 1.60 bits per heavy atom. The fourth-order valence-corrected chi connectivity index (χ4v) is 2.01. The Morgan fingerprint density at radius 2 is 2.47 bits per heavy atom. The smallest absolute Gasteiger partial charge is 0.317 e. The average Bonchev–Trinajstić information content (AvgIpc) is 2.66. The van der Waals surface area contributed by atoms with Gasteiger partial charge in [-0.1, -0.05) is 0 Å². The van der Waals surface area contributed by atoms with Gasteiger partial charge in [0.05, 0.1) is 18.3 Å². The number of carbonyl (C=O) groups is 1. The molecule has 0 spiro atoms. The van der Waals surface area contributed by atoms with E-state index in [4.69, 9.17) is 5.11 Å². The highest BCUT2D eigenvalue weighted by molar-refractivity contribution is 5.69. The maximum atomic E-state index is 10.7. The first-order chi connectivity index (χ1) is 7.27. The Hall–Kier alpha value is -1.49. The number of carboxylic acid groups (broad SMARTS) is 1. The summed E-state index contributed by atoms with van der Waals surface area (Å²) in [4.78, 5) is 20.8. The predicted molar refractivity (Wildman–Crippen MR) is 53.2 cm³/mol. The van der Waals surface area contributed by atoms with Crippen LogP contribution in [0.15, 0.2) is 18.6 Å². The van der Waals surface area contributed by atoms with Crippen molar-refractivity contribution >= 4 is 5.97 Å². The van der Waals surface area contributed by atoms with Gasteiger partial charge in [-0.3, -0.25) is 19.7 Å². The van der Waals surface area contributed by atoms with E-state index < -0.39 is 5.97 Å². The van der Waals surface area contributed by atoms with Gasteiger partial charge in [0.2, 0.25) is 0 Å². The molecule has 1 fully saturated rings. The van der Waals surface area contributed by atoms with Gasteiger partial charge in [0.1, 0.15) is 0 Å². The third-order valence-corrected chi connectivity index (χ3v) is 2.63. The molecule has 1 aliphatic rings. The maximum absolute atomic E-state index is 10.7. The molecule has 80 valence electrons. The van der Waals surface area contributed by atoms with Crippen LogP contribution in [0.4, 0.5) is 0 Å². The van der Waals surface area contributed by atoms with Gasteiger partial charge in [0.25, 0.3) is 0 Å². The number of aliphatic carboxylic acids is 1. The zero-order valence-electron chi connectivity index (χ0n) is 8.33. The van der Waals surface area contributed by atoms with Crippen LogP contribution in [0.3, 0.4) is 0 Å². The second kappa shape index (κ2) is 4.35. The maximum Gasteiger partial charge on any atom is 0.317 e. The van der Waals surface area contributed by atoms with E-state index >= 15 is 0 Å². The van der Waals surface area contributed by atoms with Crippen molar-refractivity contribution in [2.45, 2.75) is 18.9 Å². The summed E-state index contributed by atoms with van der Waals surface area (Å²) >= 11 is 0. The lowest BCUT2D eigenvalue weighted by atomic mass is 10.1. The van der Waals surface area contributed by atoms with Crippen molar-refractivity contribution in [1.82, 2.24) is 14.9 Å². The lowest BCUT2D eigenvalue weighted by Crippen LogP contribution is -2.29. The lowest BCUT2D eigenvalue weighted by Gasteiger charge is -2.21. The van der Waals surface area contributed by atoms with Gasteiger partial charge in [-0.05, 0) is 19.4 Å². The molecule has 1 aromatic heterocycles. The Balaban J connectivity index is 2.11. The summed E-state index contributed by atoms with van der Waals surface area (Å²) in [5.41, 5.74) is 0.872. The summed E-state index contributed by atoms with van der Waals surface area (Å²) in [5.74, 6) is -0.786. The molecule has 2 heterocycles. The van der Waals surface area contributed by atoms with Gasteiger partial charge in [-0.15, -0.1) is 0 Å². The number of hydrogen-bond donors (Lipinski definition) is 1. The minimum atomic E-state index is -0.786. The first-order valence-corrected chi connectivity index (χ1v) is 4.99. The number of likely N-dealkylation sites (tertiary alicyclic amines) is 1. The van der Waals surface area contributed by atoms with Crippen molar-refractivity contribution < 1.29 is 9.90 Å². The molecular weight excluding hydrogens is 194 g/mol. The molecule has 0 aliphatic carbocycles. The van der Waals surface area contributed by atoms with E-state index in [9.17, 15) is 4.79 Å². The van der Waals surface area contributed by atoms with Crippen LogP contribution in [-0.2, 0) is 4.79 Å². The molecule has 1 atom stereocenters. The number of hydrogen-bond acceptors (Lipinski definition) is 4. The Morgan fingerprint density at radius 3 is 3.13 bits per heavy atom. The van der Waals surface area contributed by atoms with Crippen molar-refractivity contribution in [3.05, 3.63) is 24.3 Å². The fraction of sp³-hybridized carbons (Fsp3) is 0.500. The van der Waals surface area contributed by atoms with Crippen molar-refractivity contribution in [2.75, 3.05) is 13.1 Å². The monoisotopic (exact) mass is 207 g/mol. The van der Waals surface area contributed by atoms with Crippen LogP contribution >= 0.6 is 0 Å². The lowest BCUT2D eigenvalue weighted by molar-refractivity contribution is -0.138. The summed E-state index contributed by atoms with van der Waals surface area (Å²) in [5, 5.41) is 8.76. The van der Waals surface area contributed by atoms with Crippen molar-refractivity contribution in [3.8, 4) is 0 Å². The molecule has 1 unspecified atom stereocenters. The highest BCUT2D eigenvalue weighted by Crippen LogP contribution is 2.29. The molecule has 1 N–H and O–H groups in total. The second-order valence-electron chi connectivity index (χ2n) is 3.65. The molecule has 0 radical (unpaired) electrons. The molecule has 1 aromatic rings. The van der Waals surface area contributed by atoms with Crippen LogP contribution in [0.2, 0.25) is 0 Å². The van der Waals surface area contributed by atoms with Crippen LogP contribution in [-0.4, -0.2) is 39.0 Å². The van der Waals surface area contributed by atoms with Crippen LogP contribution in [0.1, 0.15) is 24.6 Å². The molecule has 0 saturated carbocycles. The molecule has 0 amide bonds. The zero-order chi connectivity index (χ0) is 10.7.